The van der Waals surface area contributed by atoms with Crippen LogP contribution in [0, 0.1) is 5.92 Å². The topological polar surface area (TPSA) is 45.2 Å². The molecule has 25 heavy (non-hydrogen) atoms. The Morgan fingerprint density at radius 1 is 1.20 bits per heavy atom. The SMILES string of the molecule is CC1CCN(C(=O)c2cc(Nc3ccccc3C(C)C)ccn2)CC1. The van der Waals surface area contributed by atoms with E-state index in [0.717, 1.165) is 37.3 Å². The first-order valence-corrected chi connectivity index (χ1v) is 9.16. The molecule has 1 aliphatic rings. The second kappa shape index (κ2) is 7.68. The number of para-hydroxylation sites is 1. The molecule has 3 rings (SSSR count). The van der Waals surface area contributed by atoms with Crippen molar-refractivity contribution in [1.82, 2.24) is 9.88 Å². The van der Waals surface area contributed by atoms with Gasteiger partial charge >= 0.3 is 0 Å². The Hall–Kier alpha value is -2.36. The maximum absolute atomic E-state index is 12.7. The number of anilines is 2. The number of hydrogen-bond donors (Lipinski definition) is 1. The van der Waals surface area contributed by atoms with E-state index in [2.05, 4.69) is 49.3 Å². The van der Waals surface area contributed by atoms with E-state index in [1.54, 1.807) is 6.20 Å². The summed E-state index contributed by atoms with van der Waals surface area (Å²) in [6, 6.07) is 12.1. The molecule has 0 spiro atoms. The zero-order valence-corrected chi connectivity index (χ0v) is 15.3. The summed E-state index contributed by atoms with van der Waals surface area (Å²) in [5.41, 5.74) is 3.75. The Labute approximate surface area is 150 Å². The van der Waals surface area contributed by atoms with E-state index in [-0.39, 0.29) is 5.91 Å². The van der Waals surface area contributed by atoms with E-state index < -0.39 is 0 Å². The van der Waals surface area contributed by atoms with E-state index in [4.69, 9.17) is 0 Å². The van der Waals surface area contributed by atoms with Gasteiger partial charge in [-0.25, -0.2) is 0 Å². The Morgan fingerprint density at radius 3 is 2.64 bits per heavy atom. The first-order valence-electron chi connectivity index (χ1n) is 9.16. The largest absolute Gasteiger partial charge is 0.355 e. The molecule has 1 aromatic heterocycles. The Morgan fingerprint density at radius 2 is 1.92 bits per heavy atom. The highest BCUT2D eigenvalue weighted by molar-refractivity contribution is 5.93. The average molecular weight is 337 g/mol. The summed E-state index contributed by atoms with van der Waals surface area (Å²) in [4.78, 5) is 18.9. The number of likely N-dealkylation sites (tertiary alicyclic amines) is 1. The fourth-order valence-corrected chi connectivity index (χ4v) is 3.27. The lowest BCUT2D eigenvalue weighted by atomic mass is 9.99. The van der Waals surface area contributed by atoms with Crippen molar-refractivity contribution in [2.75, 3.05) is 18.4 Å². The molecule has 4 nitrogen and oxygen atoms in total. The van der Waals surface area contributed by atoms with Crippen molar-refractivity contribution in [3.8, 4) is 0 Å². The van der Waals surface area contributed by atoms with Gasteiger partial charge in [0.05, 0.1) is 0 Å². The number of piperidine rings is 1. The van der Waals surface area contributed by atoms with Crippen LogP contribution >= 0.6 is 0 Å². The normalized spacial score (nSPS) is 15.4. The van der Waals surface area contributed by atoms with E-state index in [1.807, 2.05) is 23.1 Å². The monoisotopic (exact) mass is 337 g/mol. The van der Waals surface area contributed by atoms with Crippen LogP contribution in [0.1, 0.15) is 55.6 Å². The van der Waals surface area contributed by atoms with Gasteiger partial charge in [-0.2, -0.15) is 0 Å². The number of nitrogens with one attached hydrogen (secondary N) is 1. The zero-order chi connectivity index (χ0) is 17.8. The molecule has 1 aliphatic heterocycles. The zero-order valence-electron chi connectivity index (χ0n) is 15.3. The number of hydrogen-bond acceptors (Lipinski definition) is 3. The number of aromatic nitrogens is 1. The smallest absolute Gasteiger partial charge is 0.272 e. The fourth-order valence-electron chi connectivity index (χ4n) is 3.27. The van der Waals surface area contributed by atoms with E-state index in [1.165, 1.54) is 5.56 Å². The number of benzene rings is 1. The van der Waals surface area contributed by atoms with Gasteiger partial charge in [0.25, 0.3) is 5.91 Å². The van der Waals surface area contributed by atoms with Gasteiger partial charge in [0.2, 0.25) is 0 Å². The second-order valence-corrected chi connectivity index (χ2v) is 7.27. The molecule has 132 valence electrons. The van der Waals surface area contributed by atoms with Gasteiger partial charge in [0.1, 0.15) is 5.69 Å². The van der Waals surface area contributed by atoms with Gasteiger partial charge in [-0.1, -0.05) is 39.0 Å². The summed E-state index contributed by atoms with van der Waals surface area (Å²) in [5.74, 6) is 1.17. The van der Waals surface area contributed by atoms with E-state index in [9.17, 15) is 4.79 Å². The van der Waals surface area contributed by atoms with Crippen LogP contribution < -0.4 is 5.32 Å². The summed E-state index contributed by atoms with van der Waals surface area (Å²) in [7, 11) is 0. The van der Waals surface area contributed by atoms with Crippen LogP contribution in [0.5, 0.6) is 0 Å². The quantitative estimate of drug-likeness (QED) is 0.870. The van der Waals surface area contributed by atoms with Crippen LogP contribution in [-0.2, 0) is 0 Å². The minimum absolute atomic E-state index is 0.0349. The van der Waals surface area contributed by atoms with Gasteiger partial charge in [0.15, 0.2) is 0 Å². The van der Waals surface area contributed by atoms with Gasteiger partial charge < -0.3 is 10.2 Å². The molecule has 1 aromatic carbocycles. The second-order valence-electron chi connectivity index (χ2n) is 7.27. The fraction of sp³-hybridized carbons (Fsp3) is 0.429. The summed E-state index contributed by atoms with van der Waals surface area (Å²) in [6.45, 7) is 8.26. The van der Waals surface area contributed by atoms with Crippen molar-refractivity contribution in [1.29, 1.82) is 0 Å². The molecule has 0 atom stereocenters. The number of carbonyl (C=O) groups is 1. The third-order valence-corrected chi connectivity index (χ3v) is 4.91. The predicted octanol–water partition coefficient (Wildman–Crippen LogP) is 4.82. The lowest BCUT2D eigenvalue weighted by Crippen LogP contribution is -2.38. The van der Waals surface area contributed by atoms with Crippen LogP contribution in [0.15, 0.2) is 42.6 Å². The van der Waals surface area contributed by atoms with Crippen molar-refractivity contribution in [2.45, 2.75) is 39.5 Å². The van der Waals surface area contributed by atoms with Crippen molar-refractivity contribution < 1.29 is 4.79 Å². The molecule has 0 aliphatic carbocycles. The number of pyridine rings is 1. The van der Waals surface area contributed by atoms with Gasteiger partial charge in [-0.15, -0.1) is 0 Å². The van der Waals surface area contributed by atoms with Crippen LogP contribution in [-0.4, -0.2) is 28.9 Å². The maximum Gasteiger partial charge on any atom is 0.272 e. The number of nitrogens with zero attached hydrogens (tertiary/aromatic N) is 2. The van der Waals surface area contributed by atoms with E-state index in [0.29, 0.717) is 17.5 Å². The van der Waals surface area contributed by atoms with Crippen molar-refractivity contribution >= 4 is 17.3 Å². The Balaban J connectivity index is 1.77. The first-order chi connectivity index (χ1) is 12.0. The molecule has 0 radical (unpaired) electrons. The standard InChI is InChI=1S/C21H27N3O/c1-15(2)18-6-4-5-7-19(18)23-17-8-11-22-20(14-17)21(25)24-12-9-16(3)10-13-24/h4-8,11,14-16H,9-10,12-13H2,1-3H3,(H,22,23). The highest BCUT2D eigenvalue weighted by atomic mass is 16.2. The van der Waals surface area contributed by atoms with Gasteiger partial charge in [-0.3, -0.25) is 9.78 Å². The summed E-state index contributed by atoms with van der Waals surface area (Å²) in [6.07, 6.45) is 3.86. The molecule has 1 fully saturated rings. The van der Waals surface area contributed by atoms with Crippen LogP contribution in [0.4, 0.5) is 11.4 Å². The van der Waals surface area contributed by atoms with Crippen molar-refractivity contribution in [2.24, 2.45) is 5.92 Å². The molecular weight excluding hydrogens is 310 g/mol. The predicted molar refractivity (Wildman–Crippen MR) is 102 cm³/mol. The Bertz CT molecular complexity index is 733. The molecule has 0 bridgehead atoms. The molecule has 1 saturated heterocycles. The molecule has 0 saturated carbocycles. The average Bonchev–Trinajstić information content (AvgIpc) is 2.62. The molecule has 4 heteroatoms. The van der Waals surface area contributed by atoms with Gasteiger partial charge in [-0.05, 0) is 48.4 Å². The highest BCUT2D eigenvalue weighted by Gasteiger charge is 2.22. The number of amides is 1. The minimum atomic E-state index is 0.0349. The lowest BCUT2D eigenvalue weighted by molar-refractivity contribution is 0.0691. The molecule has 2 aromatic rings. The number of carbonyl (C=O) groups excluding carboxylic acids is 1. The third-order valence-electron chi connectivity index (χ3n) is 4.91. The molecule has 1 amide bonds. The molecular formula is C21H27N3O. The van der Waals surface area contributed by atoms with Crippen molar-refractivity contribution in [3.63, 3.8) is 0 Å². The summed E-state index contributed by atoms with van der Waals surface area (Å²) >= 11 is 0. The van der Waals surface area contributed by atoms with Crippen LogP contribution in [0.25, 0.3) is 0 Å². The maximum atomic E-state index is 12.7. The van der Waals surface area contributed by atoms with Crippen LogP contribution in [0.2, 0.25) is 0 Å². The lowest BCUT2D eigenvalue weighted by Gasteiger charge is -2.30. The molecule has 0 unspecified atom stereocenters. The van der Waals surface area contributed by atoms with Crippen molar-refractivity contribution in [3.05, 3.63) is 53.9 Å². The van der Waals surface area contributed by atoms with E-state index >= 15 is 0 Å². The first kappa shape index (κ1) is 17.5. The van der Waals surface area contributed by atoms with Gasteiger partial charge in [0, 0.05) is 30.7 Å². The summed E-state index contributed by atoms with van der Waals surface area (Å²) in [5, 5.41) is 3.45. The van der Waals surface area contributed by atoms with Crippen LogP contribution in [0.3, 0.4) is 0 Å². The molecule has 2 heterocycles. The molecule has 1 N–H and O–H groups in total. The minimum Gasteiger partial charge on any atom is -0.355 e. The highest BCUT2D eigenvalue weighted by Crippen LogP contribution is 2.27. The summed E-state index contributed by atoms with van der Waals surface area (Å²) < 4.78 is 0. The Kier molecular flexibility index (Phi) is 5.37. The number of rotatable bonds is 4. The third kappa shape index (κ3) is 4.19.